The fraction of sp³-hybridized carbons (Fsp3) is 0.222. The Bertz CT molecular complexity index is 2560. The quantitative estimate of drug-likeness (QED) is 0.0754. The number of aliphatic carboxylic acids is 2. The molecule has 2 atom stereocenters. The molecule has 0 spiro atoms. The number of amides is 1. The minimum absolute atomic E-state index is 0.0142. The predicted molar refractivity (Wildman–Crippen MR) is 231 cm³/mol. The summed E-state index contributed by atoms with van der Waals surface area (Å²) < 4.78 is 2.01. The zero-order valence-electron chi connectivity index (χ0n) is 30.9. The third-order valence-corrected chi connectivity index (χ3v) is 13.4. The van der Waals surface area contributed by atoms with Crippen molar-refractivity contribution in [3.8, 4) is 0 Å². The third-order valence-electron chi connectivity index (χ3n) is 10.7. The molecule has 12 heteroatoms. The van der Waals surface area contributed by atoms with Crippen LogP contribution in [0.1, 0.15) is 72.3 Å². The Morgan fingerprint density at radius 1 is 0.825 bits per heavy atom. The zero-order chi connectivity index (χ0) is 39.6. The number of hydrogen-bond donors (Lipinski definition) is 2. The van der Waals surface area contributed by atoms with E-state index in [0.717, 1.165) is 86.1 Å². The highest BCUT2D eigenvalue weighted by Crippen LogP contribution is 2.52. The standard InChI is InChI=1S/C45H39N3O6S3/c49-39(50)16-7-8-23-46-43(54)41(57-45(46)55)44-47(27-40(51)52)42(53)38(56-44)26-29-19-22-37-35(25-29)33-14-9-15-36(33)48(37)32-20-17-28(18-21-32)24-34(30-10-3-1-4-11-30)31-12-5-2-6-13-31/h1-6,10-13,17-22,24-26,33,36H,7-9,14-16,23,27H2,(H,49,50)(H,51,52)/b38-26-,44-41+. The second kappa shape index (κ2) is 16.5. The number of benzene rings is 4. The molecule has 3 aliphatic rings. The number of anilines is 2. The van der Waals surface area contributed by atoms with Crippen molar-refractivity contribution in [1.82, 2.24) is 9.47 Å². The highest BCUT2D eigenvalue weighted by molar-refractivity contribution is 8.30. The highest BCUT2D eigenvalue weighted by Gasteiger charge is 2.42. The summed E-state index contributed by atoms with van der Waals surface area (Å²) in [4.78, 5) is 54.2. The monoisotopic (exact) mass is 813 g/mol. The van der Waals surface area contributed by atoms with Crippen LogP contribution in [0, 0.1) is 0 Å². The van der Waals surface area contributed by atoms with E-state index in [0.29, 0.717) is 33.7 Å². The van der Waals surface area contributed by atoms with E-state index in [9.17, 15) is 24.3 Å². The molecule has 3 heterocycles. The van der Waals surface area contributed by atoms with Gasteiger partial charge in [0, 0.05) is 36.3 Å². The number of thioether (sulfide) groups is 1. The molecule has 8 rings (SSSR count). The molecule has 1 aliphatic carbocycles. The van der Waals surface area contributed by atoms with Crippen LogP contribution in [0.3, 0.4) is 0 Å². The normalized spacial score (nSPS) is 18.6. The molecule has 288 valence electrons. The summed E-state index contributed by atoms with van der Waals surface area (Å²) in [5.41, 5.74) is 8.43. The molecule has 0 bridgehead atoms. The number of aromatic nitrogens is 1. The summed E-state index contributed by atoms with van der Waals surface area (Å²) in [5.74, 6) is -2.18. The molecule has 57 heavy (non-hydrogen) atoms. The lowest BCUT2D eigenvalue weighted by Gasteiger charge is -2.27. The Kier molecular flexibility index (Phi) is 11.1. The van der Waals surface area contributed by atoms with Gasteiger partial charge in [0.05, 0.1) is 4.53 Å². The first-order chi connectivity index (χ1) is 27.7. The number of unbranched alkanes of at least 4 members (excludes halogenated alkanes) is 1. The minimum atomic E-state index is -1.20. The molecule has 1 aromatic heterocycles. The molecule has 2 unspecified atom stereocenters. The van der Waals surface area contributed by atoms with Gasteiger partial charge in [0.1, 0.15) is 20.4 Å². The number of hydrogen-bond acceptors (Lipinski definition) is 8. The van der Waals surface area contributed by atoms with E-state index in [4.69, 9.17) is 17.3 Å². The number of thiocarbonyl (C=S) groups is 1. The van der Waals surface area contributed by atoms with Gasteiger partial charge in [-0.25, -0.2) is 0 Å². The molecular weight excluding hydrogens is 775 g/mol. The molecule has 1 saturated heterocycles. The van der Waals surface area contributed by atoms with Crippen LogP contribution >= 0.6 is 35.3 Å². The van der Waals surface area contributed by atoms with Gasteiger partial charge < -0.3 is 15.1 Å². The van der Waals surface area contributed by atoms with Crippen molar-refractivity contribution in [3.05, 3.63) is 150 Å². The van der Waals surface area contributed by atoms with Gasteiger partial charge in [-0.15, -0.1) is 11.3 Å². The van der Waals surface area contributed by atoms with E-state index >= 15 is 0 Å². The number of nitrogens with zero attached hydrogens (tertiary/aromatic N) is 3. The van der Waals surface area contributed by atoms with E-state index in [1.807, 2.05) is 18.2 Å². The third kappa shape index (κ3) is 7.89. The van der Waals surface area contributed by atoms with Gasteiger partial charge in [0.2, 0.25) is 0 Å². The number of carbonyl (C=O) groups excluding carboxylic acids is 1. The number of carboxylic acid groups (broad SMARTS) is 2. The first-order valence-corrected chi connectivity index (χ1v) is 21.0. The van der Waals surface area contributed by atoms with Crippen LogP contribution in [0.2, 0.25) is 0 Å². The van der Waals surface area contributed by atoms with Crippen LogP contribution in [-0.4, -0.2) is 54.4 Å². The van der Waals surface area contributed by atoms with E-state index in [1.165, 1.54) is 10.5 Å². The lowest BCUT2D eigenvalue weighted by atomic mass is 9.95. The first kappa shape index (κ1) is 38.3. The SMILES string of the molecule is O=C(O)CCCCN1C(=O)/C(=c2\s/c(=C\c3ccc4c(c3)C3CCCC3N4c3ccc(C=C(c4ccccc4)c4ccccc4)cc3)c(=O)n2CC(=O)O)SC1=S. The smallest absolute Gasteiger partial charge is 0.323 e. The van der Waals surface area contributed by atoms with E-state index < -0.39 is 29.9 Å². The molecule has 2 aliphatic heterocycles. The molecule has 9 nitrogen and oxygen atoms in total. The average Bonchev–Trinajstić information content (AvgIpc) is 3.95. The summed E-state index contributed by atoms with van der Waals surface area (Å²) in [5, 5.41) is 18.7. The van der Waals surface area contributed by atoms with Gasteiger partial charge in [0.15, 0.2) is 0 Å². The highest BCUT2D eigenvalue weighted by atomic mass is 32.2. The Morgan fingerprint density at radius 2 is 1.51 bits per heavy atom. The van der Waals surface area contributed by atoms with Gasteiger partial charge in [-0.3, -0.25) is 28.6 Å². The summed E-state index contributed by atoms with van der Waals surface area (Å²) in [6.07, 6.45) is 8.10. The molecule has 0 radical (unpaired) electrons. The number of carbonyl (C=O) groups is 3. The maximum Gasteiger partial charge on any atom is 0.323 e. The predicted octanol–water partition coefficient (Wildman–Crippen LogP) is 7.42. The van der Waals surface area contributed by atoms with Crippen LogP contribution < -0.4 is 19.7 Å². The van der Waals surface area contributed by atoms with Crippen molar-refractivity contribution in [2.45, 2.75) is 57.0 Å². The van der Waals surface area contributed by atoms with Crippen LogP contribution in [0.5, 0.6) is 0 Å². The van der Waals surface area contributed by atoms with Crippen LogP contribution in [0.25, 0.3) is 22.6 Å². The molecule has 1 saturated carbocycles. The van der Waals surface area contributed by atoms with Crippen molar-refractivity contribution in [3.63, 3.8) is 0 Å². The summed E-state index contributed by atoms with van der Waals surface area (Å²) in [6.45, 7) is -0.355. The van der Waals surface area contributed by atoms with Crippen LogP contribution in [0.4, 0.5) is 11.4 Å². The average molecular weight is 814 g/mol. The lowest BCUT2D eigenvalue weighted by molar-refractivity contribution is -0.138. The second-order valence-electron chi connectivity index (χ2n) is 14.4. The zero-order valence-corrected chi connectivity index (χ0v) is 33.3. The van der Waals surface area contributed by atoms with Crippen molar-refractivity contribution in [1.29, 1.82) is 0 Å². The summed E-state index contributed by atoms with van der Waals surface area (Å²) in [6, 6.07) is 36.2. The Balaban J connectivity index is 1.11. The second-order valence-corrected chi connectivity index (χ2v) is 17.1. The van der Waals surface area contributed by atoms with Gasteiger partial charge in [-0.1, -0.05) is 109 Å². The molecule has 5 aromatic rings. The van der Waals surface area contributed by atoms with Crippen molar-refractivity contribution < 1.29 is 24.6 Å². The van der Waals surface area contributed by atoms with Gasteiger partial charge in [0.25, 0.3) is 11.5 Å². The maximum atomic E-state index is 13.8. The van der Waals surface area contributed by atoms with Gasteiger partial charge in [-0.05, 0) is 95.5 Å². The van der Waals surface area contributed by atoms with Crippen molar-refractivity contribution >= 4 is 91.5 Å². The lowest BCUT2D eigenvalue weighted by Crippen LogP contribution is -2.35. The number of thiazole rings is 1. The molecule has 4 aromatic carbocycles. The first-order valence-electron chi connectivity index (χ1n) is 18.9. The Labute approximate surface area is 342 Å². The largest absolute Gasteiger partial charge is 0.481 e. The molecule has 2 N–H and O–H groups in total. The fourth-order valence-corrected chi connectivity index (χ4v) is 10.7. The topological polar surface area (TPSA) is 120 Å². The molecular formula is C45H39N3O6S3. The molecule has 2 fully saturated rings. The maximum absolute atomic E-state index is 13.8. The van der Waals surface area contributed by atoms with Crippen LogP contribution in [0.15, 0.2) is 108 Å². The fourth-order valence-electron chi connectivity index (χ4n) is 8.15. The molecule has 1 amide bonds. The van der Waals surface area contributed by atoms with E-state index in [2.05, 4.69) is 95.9 Å². The van der Waals surface area contributed by atoms with Crippen molar-refractivity contribution in [2.24, 2.45) is 0 Å². The van der Waals surface area contributed by atoms with E-state index in [1.54, 1.807) is 6.08 Å². The minimum Gasteiger partial charge on any atom is -0.481 e. The number of rotatable bonds is 12. The number of carboxylic acids is 2. The summed E-state index contributed by atoms with van der Waals surface area (Å²) in [7, 11) is 0. The van der Waals surface area contributed by atoms with Crippen LogP contribution in [-0.2, 0) is 20.9 Å². The summed E-state index contributed by atoms with van der Waals surface area (Å²) >= 11 is 7.60. The van der Waals surface area contributed by atoms with Gasteiger partial charge >= 0.3 is 11.9 Å². The van der Waals surface area contributed by atoms with Crippen molar-refractivity contribution in [2.75, 3.05) is 11.4 Å². The Morgan fingerprint density at radius 3 is 2.18 bits per heavy atom. The Hall–Kier alpha value is -5.56. The van der Waals surface area contributed by atoms with Gasteiger partial charge in [-0.2, -0.15) is 0 Å². The van der Waals surface area contributed by atoms with E-state index in [-0.39, 0.29) is 22.5 Å². The number of fused-ring (bicyclic) bond motifs is 3.